The summed E-state index contributed by atoms with van der Waals surface area (Å²) in [5.41, 5.74) is 0.975. The Labute approximate surface area is 128 Å². The third-order valence-corrected chi connectivity index (χ3v) is 5.35. The normalized spacial score (nSPS) is 27.8. The molecule has 2 fully saturated rings. The average Bonchev–Trinajstić information content (AvgIpc) is 2.99. The highest BCUT2D eigenvalue weighted by atomic mass is 35.7. The Morgan fingerprint density at radius 2 is 2.10 bits per heavy atom. The summed E-state index contributed by atoms with van der Waals surface area (Å²) in [4.78, 5) is 12.2. The summed E-state index contributed by atoms with van der Waals surface area (Å²) < 4.78 is 28.5. The molecule has 114 valence electrons. The van der Waals surface area contributed by atoms with Crippen LogP contribution >= 0.6 is 10.7 Å². The summed E-state index contributed by atoms with van der Waals surface area (Å²) in [7, 11) is 1.50. The van der Waals surface area contributed by atoms with Crippen molar-refractivity contribution in [2.75, 3.05) is 0 Å². The predicted octanol–water partition coefficient (Wildman–Crippen LogP) is 1.97. The quantitative estimate of drug-likeness (QED) is 0.861. The van der Waals surface area contributed by atoms with Gasteiger partial charge in [-0.15, -0.1) is 0 Å². The van der Waals surface area contributed by atoms with E-state index in [4.69, 9.17) is 15.4 Å². The lowest BCUT2D eigenvalue weighted by Gasteiger charge is -2.20. The largest absolute Gasteiger partial charge is 0.373 e. The minimum atomic E-state index is -3.85. The Bertz CT molecular complexity index is 688. The molecule has 1 amide bonds. The molecule has 2 heterocycles. The van der Waals surface area contributed by atoms with E-state index in [1.54, 1.807) is 13.0 Å². The SMILES string of the molecule is Cc1cc(C(=O)NC2CC3CCC2O3)cc(S(=O)(=O)Cl)c1. The van der Waals surface area contributed by atoms with Gasteiger partial charge in [-0.3, -0.25) is 4.79 Å². The number of fused-ring (bicyclic) bond motifs is 2. The van der Waals surface area contributed by atoms with Crippen molar-refractivity contribution in [3.63, 3.8) is 0 Å². The van der Waals surface area contributed by atoms with E-state index in [2.05, 4.69) is 5.32 Å². The van der Waals surface area contributed by atoms with Gasteiger partial charge < -0.3 is 10.1 Å². The summed E-state index contributed by atoms with van der Waals surface area (Å²) in [6.45, 7) is 1.73. The van der Waals surface area contributed by atoms with Crippen molar-refractivity contribution in [1.29, 1.82) is 0 Å². The van der Waals surface area contributed by atoms with Crippen LogP contribution in [0.5, 0.6) is 0 Å². The van der Waals surface area contributed by atoms with Crippen LogP contribution in [0.2, 0.25) is 0 Å². The molecule has 5 nitrogen and oxygen atoms in total. The summed E-state index contributed by atoms with van der Waals surface area (Å²) in [6, 6.07) is 4.40. The van der Waals surface area contributed by atoms with Crippen molar-refractivity contribution in [3.8, 4) is 0 Å². The second kappa shape index (κ2) is 5.26. The summed E-state index contributed by atoms with van der Waals surface area (Å²) >= 11 is 0. The minimum Gasteiger partial charge on any atom is -0.373 e. The zero-order valence-electron chi connectivity index (χ0n) is 11.5. The van der Waals surface area contributed by atoms with Crippen molar-refractivity contribution >= 4 is 25.6 Å². The maximum Gasteiger partial charge on any atom is 0.261 e. The zero-order valence-corrected chi connectivity index (χ0v) is 13.1. The lowest BCUT2D eigenvalue weighted by Crippen LogP contribution is -2.41. The van der Waals surface area contributed by atoms with Crippen molar-refractivity contribution in [1.82, 2.24) is 5.32 Å². The average molecular weight is 330 g/mol. The van der Waals surface area contributed by atoms with E-state index in [-0.39, 0.29) is 29.1 Å². The van der Waals surface area contributed by atoms with Crippen LogP contribution in [0.1, 0.15) is 35.2 Å². The number of halogens is 1. The van der Waals surface area contributed by atoms with Gasteiger partial charge in [-0.1, -0.05) is 0 Å². The van der Waals surface area contributed by atoms with Gasteiger partial charge in [0, 0.05) is 16.2 Å². The molecule has 2 aliphatic rings. The number of ether oxygens (including phenoxy) is 1. The van der Waals surface area contributed by atoms with Gasteiger partial charge in [0.15, 0.2) is 0 Å². The van der Waals surface area contributed by atoms with Crippen LogP contribution in [0.4, 0.5) is 0 Å². The molecular weight excluding hydrogens is 314 g/mol. The van der Waals surface area contributed by atoms with E-state index in [0.29, 0.717) is 11.1 Å². The van der Waals surface area contributed by atoms with Crippen LogP contribution in [0, 0.1) is 6.92 Å². The van der Waals surface area contributed by atoms with Crippen molar-refractivity contribution in [2.24, 2.45) is 0 Å². The number of carbonyl (C=O) groups excluding carboxylic acids is 1. The molecule has 2 bridgehead atoms. The number of rotatable bonds is 3. The van der Waals surface area contributed by atoms with Gasteiger partial charge in [-0.25, -0.2) is 8.42 Å². The van der Waals surface area contributed by atoms with Gasteiger partial charge >= 0.3 is 0 Å². The molecular formula is C14H16ClNO4S. The first-order chi connectivity index (χ1) is 9.83. The van der Waals surface area contributed by atoms with Crippen LogP contribution in [-0.2, 0) is 13.8 Å². The van der Waals surface area contributed by atoms with Crippen LogP contribution in [-0.4, -0.2) is 32.6 Å². The molecule has 0 aliphatic carbocycles. The van der Waals surface area contributed by atoms with Gasteiger partial charge in [-0.2, -0.15) is 0 Å². The molecule has 1 N–H and O–H groups in total. The third kappa shape index (κ3) is 3.07. The molecule has 1 aromatic carbocycles. The van der Waals surface area contributed by atoms with Crippen LogP contribution in [0.3, 0.4) is 0 Å². The van der Waals surface area contributed by atoms with Crippen LogP contribution in [0.25, 0.3) is 0 Å². The monoisotopic (exact) mass is 329 g/mol. The van der Waals surface area contributed by atoms with E-state index in [1.807, 2.05) is 0 Å². The first-order valence-electron chi connectivity index (χ1n) is 6.85. The summed E-state index contributed by atoms with van der Waals surface area (Å²) in [6.07, 6.45) is 3.17. The van der Waals surface area contributed by atoms with E-state index in [9.17, 15) is 13.2 Å². The molecule has 0 radical (unpaired) electrons. The molecule has 2 aliphatic heterocycles. The fourth-order valence-electron chi connectivity index (χ4n) is 3.06. The summed E-state index contributed by atoms with van der Waals surface area (Å²) in [5, 5.41) is 2.93. The highest BCUT2D eigenvalue weighted by Gasteiger charge is 2.41. The van der Waals surface area contributed by atoms with E-state index in [0.717, 1.165) is 19.3 Å². The van der Waals surface area contributed by atoms with Crippen LogP contribution < -0.4 is 5.32 Å². The van der Waals surface area contributed by atoms with E-state index in [1.165, 1.54) is 12.1 Å². The molecule has 1 aromatic rings. The number of hydrogen-bond acceptors (Lipinski definition) is 4. The topological polar surface area (TPSA) is 72.5 Å². The number of hydrogen-bond donors (Lipinski definition) is 1. The zero-order chi connectivity index (χ0) is 15.2. The van der Waals surface area contributed by atoms with E-state index < -0.39 is 9.05 Å². The Kier molecular flexibility index (Phi) is 3.71. The molecule has 0 spiro atoms. The lowest BCUT2D eigenvalue weighted by atomic mass is 9.95. The van der Waals surface area contributed by atoms with Crippen LogP contribution in [0.15, 0.2) is 23.1 Å². The maximum absolute atomic E-state index is 12.3. The summed E-state index contributed by atoms with van der Waals surface area (Å²) in [5.74, 6) is -0.290. The van der Waals surface area contributed by atoms with Gasteiger partial charge in [0.05, 0.1) is 23.1 Å². The molecule has 3 unspecified atom stereocenters. The third-order valence-electron chi connectivity index (χ3n) is 4.02. The molecule has 3 atom stereocenters. The van der Waals surface area contributed by atoms with Crippen molar-refractivity contribution in [2.45, 2.75) is 49.3 Å². The molecule has 0 aromatic heterocycles. The van der Waals surface area contributed by atoms with Crippen molar-refractivity contribution < 1.29 is 17.9 Å². The highest BCUT2D eigenvalue weighted by molar-refractivity contribution is 8.13. The number of nitrogens with one attached hydrogen (secondary N) is 1. The molecule has 2 saturated heterocycles. The smallest absolute Gasteiger partial charge is 0.261 e. The number of carbonyl (C=O) groups is 1. The fourth-order valence-corrected chi connectivity index (χ4v) is 3.92. The standard InChI is InChI=1S/C14H16ClNO4S/c1-8-4-9(6-11(5-8)21(15,18)19)14(17)16-12-7-10-2-3-13(12)20-10/h4-6,10,12-13H,2-3,7H2,1H3,(H,16,17). The Balaban J connectivity index is 1.80. The Morgan fingerprint density at radius 3 is 2.67 bits per heavy atom. The predicted molar refractivity (Wildman–Crippen MR) is 78.0 cm³/mol. The molecule has 21 heavy (non-hydrogen) atoms. The van der Waals surface area contributed by atoms with Gasteiger partial charge in [0.1, 0.15) is 0 Å². The first-order valence-corrected chi connectivity index (χ1v) is 9.16. The Morgan fingerprint density at radius 1 is 1.33 bits per heavy atom. The minimum absolute atomic E-state index is 0.00724. The van der Waals surface area contributed by atoms with Gasteiger partial charge in [0.25, 0.3) is 15.0 Å². The highest BCUT2D eigenvalue weighted by Crippen LogP contribution is 2.34. The second-order valence-electron chi connectivity index (χ2n) is 5.66. The Hall–Kier alpha value is -1.11. The fraction of sp³-hybridized carbons (Fsp3) is 0.500. The first kappa shape index (κ1) is 14.8. The number of benzene rings is 1. The lowest BCUT2D eigenvalue weighted by molar-refractivity contribution is 0.0840. The number of aryl methyl sites for hydroxylation is 1. The number of amides is 1. The maximum atomic E-state index is 12.3. The van der Waals surface area contributed by atoms with E-state index >= 15 is 0 Å². The molecule has 3 rings (SSSR count). The molecule has 0 saturated carbocycles. The molecule has 7 heteroatoms. The van der Waals surface area contributed by atoms with Gasteiger partial charge in [0.2, 0.25) is 0 Å². The van der Waals surface area contributed by atoms with Crippen molar-refractivity contribution in [3.05, 3.63) is 29.3 Å². The second-order valence-corrected chi connectivity index (χ2v) is 8.23. The van der Waals surface area contributed by atoms with Gasteiger partial charge in [-0.05, 0) is 49.9 Å².